The average Bonchev–Trinajstić information content (AvgIpc) is 3.22. The van der Waals surface area contributed by atoms with Crippen LogP contribution in [0.3, 0.4) is 0 Å². The average molecular weight is 474 g/mol. The van der Waals surface area contributed by atoms with Crippen LogP contribution in [0.5, 0.6) is 5.75 Å². The second kappa shape index (κ2) is 9.49. The number of para-hydroxylation sites is 2. The first-order chi connectivity index (χ1) is 15.5. The Labute approximate surface area is 189 Å². The number of carbonyl (C=O) groups is 1. The van der Waals surface area contributed by atoms with E-state index >= 15 is 0 Å². The number of aromatic nitrogens is 2. The Morgan fingerprint density at radius 2 is 1.94 bits per heavy atom. The van der Waals surface area contributed by atoms with Crippen molar-refractivity contribution in [1.82, 2.24) is 9.55 Å². The van der Waals surface area contributed by atoms with Crippen LogP contribution in [0.4, 0.5) is 14.5 Å². The smallest absolute Gasteiger partial charge is 0.276 e. The summed E-state index contributed by atoms with van der Waals surface area (Å²) in [5.74, 6) is -1.53. The van der Waals surface area contributed by atoms with E-state index in [4.69, 9.17) is 4.74 Å². The lowest BCUT2D eigenvalue weighted by molar-refractivity contribution is -0.113. The minimum Gasteiger partial charge on any atom is -0.492 e. The topological polar surface area (TPSA) is 73.2 Å². The first-order valence-electron chi connectivity index (χ1n) is 9.57. The number of rotatable bonds is 7. The fourth-order valence-corrected chi connectivity index (χ4v) is 4.62. The molecule has 0 atom stereocenters. The van der Waals surface area contributed by atoms with Crippen molar-refractivity contribution >= 4 is 44.9 Å². The summed E-state index contributed by atoms with van der Waals surface area (Å²) in [5, 5.41) is 4.63. The molecule has 0 aliphatic rings. The number of nitrogens with zero attached hydrogens (tertiary/aromatic N) is 2. The van der Waals surface area contributed by atoms with Gasteiger partial charge in [0, 0.05) is 6.07 Å². The van der Waals surface area contributed by atoms with Crippen molar-refractivity contribution in [2.24, 2.45) is 0 Å². The SMILES string of the molecule is CCOc1ccccc1NC(=O)CSc1nc2ccsc2c(=O)n1-c1cc(F)cc(F)c1. The van der Waals surface area contributed by atoms with Gasteiger partial charge in [-0.1, -0.05) is 23.9 Å². The van der Waals surface area contributed by atoms with Gasteiger partial charge in [0.2, 0.25) is 5.91 Å². The molecule has 4 rings (SSSR count). The van der Waals surface area contributed by atoms with E-state index in [0.717, 1.165) is 34.5 Å². The minimum atomic E-state index is -0.820. The highest BCUT2D eigenvalue weighted by atomic mass is 32.2. The van der Waals surface area contributed by atoms with Gasteiger partial charge in [-0.3, -0.25) is 14.2 Å². The van der Waals surface area contributed by atoms with Gasteiger partial charge in [0.1, 0.15) is 22.1 Å². The van der Waals surface area contributed by atoms with Crippen molar-refractivity contribution in [3.05, 3.63) is 75.9 Å². The van der Waals surface area contributed by atoms with Crippen molar-refractivity contribution in [2.75, 3.05) is 17.7 Å². The van der Waals surface area contributed by atoms with Crippen LogP contribution < -0.4 is 15.6 Å². The van der Waals surface area contributed by atoms with Crippen molar-refractivity contribution in [3.8, 4) is 11.4 Å². The maximum Gasteiger partial charge on any atom is 0.276 e. The maximum absolute atomic E-state index is 13.8. The Morgan fingerprint density at radius 3 is 2.69 bits per heavy atom. The van der Waals surface area contributed by atoms with Gasteiger partial charge in [0.15, 0.2) is 5.16 Å². The number of hydrogen-bond acceptors (Lipinski definition) is 6. The van der Waals surface area contributed by atoms with Crippen molar-refractivity contribution in [2.45, 2.75) is 12.1 Å². The maximum atomic E-state index is 13.8. The first kappa shape index (κ1) is 22.0. The van der Waals surface area contributed by atoms with Crippen LogP contribution in [-0.2, 0) is 4.79 Å². The lowest BCUT2D eigenvalue weighted by Gasteiger charge is -2.13. The van der Waals surface area contributed by atoms with Crippen LogP contribution in [0.1, 0.15) is 6.92 Å². The number of nitrogens with one attached hydrogen (secondary N) is 1. The van der Waals surface area contributed by atoms with Gasteiger partial charge in [0.05, 0.1) is 29.3 Å². The molecular formula is C22H17F2N3O3S2. The van der Waals surface area contributed by atoms with Crippen LogP contribution in [0.25, 0.3) is 15.9 Å². The molecule has 32 heavy (non-hydrogen) atoms. The normalized spacial score (nSPS) is 11.0. The number of amides is 1. The van der Waals surface area contributed by atoms with E-state index < -0.39 is 17.2 Å². The van der Waals surface area contributed by atoms with Gasteiger partial charge in [-0.05, 0) is 42.6 Å². The number of benzene rings is 2. The second-order valence-corrected chi connectivity index (χ2v) is 8.42. The molecule has 2 aromatic heterocycles. The molecule has 2 heterocycles. The van der Waals surface area contributed by atoms with E-state index in [-0.39, 0.29) is 22.5 Å². The molecule has 0 aliphatic heterocycles. The Morgan fingerprint density at radius 1 is 1.19 bits per heavy atom. The molecule has 4 aromatic rings. The third-order valence-electron chi connectivity index (χ3n) is 4.35. The van der Waals surface area contributed by atoms with E-state index in [2.05, 4.69) is 10.3 Å². The summed E-state index contributed by atoms with van der Waals surface area (Å²) in [5.41, 5.74) is 0.517. The number of carbonyl (C=O) groups excluding carboxylic acids is 1. The molecule has 164 valence electrons. The third-order valence-corrected chi connectivity index (χ3v) is 6.18. The summed E-state index contributed by atoms with van der Waals surface area (Å²) >= 11 is 2.18. The molecule has 0 saturated carbocycles. The molecule has 1 N–H and O–H groups in total. The fraction of sp³-hybridized carbons (Fsp3) is 0.136. The predicted octanol–water partition coefficient (Wildman–Crippen LogP) is 4.85. The Kier molecular flexibility index (Phi) is 6.52. The second-order valence-electron chi connectivity index (χ2n) is 6.56. The van der Waals surface area contributed by atoms with Crippen LogP contribution in [-0.4, -0.2) is 27.8 Å². The molecule has 0 saturated heterocycles. The minimum absolute atomic E-state index is 0.0000930. The van der Waals surface area contributed by atoms with Gasteiger partial charge in [-0.25, -0.2) is 13.8 Å². The molecule has 0 bridgehead atoms. The number of hydrogen-bond donors (Lipinski definition) is 1. The Hall–Kier alpha value is -3.24. The number of anilines is 1. The van der Waals surface area contributed by atoms with E-state index in [1.54, 1.807) is 35.7 Å². The summed E-state index contributed by atoms with van der Waals surface area (Å²) in [6.07, 6.45) is 0. The zero-order valence-corrected chi connectivity index (χ0v) is 18.4. The predicted molar refractivity (Wildman–Crippen MR) is 122 cm³/mol. The van der Waals surface area contributed by atoms with E-state index in [1.807, 2.05) is 6.92 Å². The molecular weight excluding hydrogens is 456 g/mol. The van der Waals surface area contributed by atoms with Crippen LogP contribution in [0.15, 0.2) is 63.9 Å². The Bertz CT molecular complexity index is 1330. The quantitative estimate of drug-likeness (QED) is 0.307. The molecule has 0 spiro atoms. The van der Waals surface area contributed by atoms with Crippen LogP contribution >= 0.6 is 23.1 Å². The highest BCUT2D eigenvalue weighted by Gasteiger charge is 2.17. The number of halogens is 2. The number of thioether (sulfide) groups is 1. The standard InChI is InChI=1S/C22H17F2N3O3S2/c1-2-30-18-6-4-3-5-16(18)25-19(28)12-32-22-26-17-7-8-31-20(17)21(29)27(22)15-10-13(23)9-14(24)11-15/h3-11H,2,12H2,1H3,(H,25,28). The van der Waals surface area contributed by atoms with Crippen LogP contribution in [0, 0.1) is 11.6 Å². The molecule has 1 amide bonds. The van der Waals surface area contributed by atoms with Gasteiger partial charge in [-0.2, -0.15) is 0 Å². The zero-order chi connectivity index (χ0) is 22.7. The summed E-state index contributed by atoms with van der Waals surface area (Å²) in [7, 11) is 0. The van der Waals surface area contributed by atoms with E-state index in [0.29, 0.717) is 28.3 Å². The fourth-order valence-electron chi connectivity index (χ4n) is 3.05. The van der Waals surface area contributed by atoms with Crippen molar-refractivity contribution in [3.63, 3.8) is 0 Å². The highest BCUT2D eigenvalue weighted by Crippen LogP contribution is 2.26. The largest absolute Gasteiger partial charge is 0.492 e. The highest BCUT2D eigenvalue weighted by molar-refractivity contribution is 7.99. The van der Waals surface area contributed by atoms with Crippen LogP contribution in [0.2, 0.25) is 0 Å². The van der Waals surface area contributed by atoms with Crippen molar-refractivity contribution in [1.29, 1.82) is 0 Å². The summed E-state index contributed by atoms with van der Waals surface area (Å²) < 4.78 is 34.6. The summed E-state index contributed by atoms with van der Waals surface area (Å²) in [4.78, 5) is 30.1. The Balaban J connectivity index is 1.64. The number of ether oxygens (including phenoxy) is 1. The lowest BCUT2D eigenvalue weighted by Crippen LogP contribution is -2.22. The molecule has 0 unspecified atom stereocenters. The van der Waals surface area contributed by atoms with Gasteiger partial charge < -0.3 is 10.1 Å². The molecule has 0 fully saturated rings. The van der Waals surface area contributed by atoms with E-state index in [1.165, 1.54) is 11.3 Å². The van der Waals surface area contributed by atoms with Gasteiger partial charge in [0.25, 0.3) is 5.56 Å². The molecule has 2 aromatic carbocycles. The zero-order valence-electron chi connectivity index (χ0n) is 16.8. The molecule has 6 nitrogen and oxygen atoms in total. The monoisotopic (exact) mass is 473 g/mol. The number of thiophene rings is 1. The first-order valence-corrected chi connectivity index (χ1v) is 11.4. The third kappa shape index (κ3) is 4.66. The number of fused-ring (bicyclic) bond motifs is 1. The molecule has 0 aliphatic carbocycles. The molecule has 0 radical (unpaired) electrons. The van der Waals surface area contributed by atoms with Gasteiger partial charge >= 0.3 is 0 Å². The summed E-state index contributed by atoms with van der Waals surface area (Å²) in [6.45, 7) is 2.29. The summed E-state index contributed by atoms with van der Waals surface area (Å²) in [6, 6.07) is 11.5. The molecule has 10 heteroatoms. The van der Waals surface area contributed by atoms with E-state index in [9.17, 15) is 18.4 Å². The lowest BCUT2D eigenvalue weighted by atomic mass is 10.3. The van der Waals surface area contributed by atoms with Crippen molar-refractivity contribution < 1.29 is 18.3 Å². The van der Waals surface area contributed by atoms with Gasteiger partial charge in [-0.15, -0.1) is 11.3 Å².